The number of rotatable bonds is 6. The summed E-state index contributed by atoms with van der Waals surface area (Å²) in [7, 11) is 0. The molecule has 0 aromatic carbocycles. The van der Waals surface area contributed by atoms with Crippen molar-refractivity contribution >= 4 is 16.6 Å². The third kappa shape index (κ3) is 8.91. The molecule has 0 aromatic heterocycles. The molecule has 0 spiro atoms. The van der Waals surface area contributed by atoms with Gasteiger partial charge in [0.1, 0.15) is 0 Å². The van der Waals surface area contributed by atoms with Crippen molar-refractivity contribution in [2.45, 2.75) is 57.6 Å². The molecule has 0 N–H and O–H groups in total. The molecule has 0 rings (SSSR count). The van der Waals surface area contributed by atoms with Crippen LogP contribution in [0, 0.1) is 11.8 Å². The molecule has 0 saturated heterocycles. The van der Waals surface area contributed by atoms with Gasteiger partial charge in [-0.3, -0.25) is 0 Å². The molecule has 0 fully saturated rings. The Labute approximate surface area is 89.7 Å². The molecule has 0 aliphatic heterocycles. The van der Waals surface area contributed by atoms with Crippen LogP contribution in [0.2, 0.25) is 9.95 Å². The van der Waals surface area contributed by atoms with E-state index in [1.165, 1.54) is 9.95 Å². The average molecular weight is 243 g/mol. The van der Waals surface area contributed by atoms with Gasteiger partial charge in [-0.05, 0) is 0 Å². The normalized spacial score (nSPS) is 11.8. The Kier molecular flexibility index (Phi) is 7.28. The summed E-state index contributed by atoms with van der Waals surface area (Å²) in [6.07, 6.45) is 0.447. The summed E-state index contributed by atoms with van der Waals surface area (Å²) in [6.45, 7) is 13.6. The fraction of sp³-hybridized carbons (Fsp3) is 1.00. The third-order valence-corrected chi connectivity index (χ3v) is 10.0. The fourth-order valence-corrected chi connectivity index (χ4v) is 8.54. The Balaban J connectivity index is 3.87. The van der Waals surface area contributed by atoms with E-state index in [1.54, 1.807) is 0 Å². The first kappa shape index (κ1) is 13.6. The SMILES string of the molecule is CC(C)[CH2][Ga]([CH2]C(C)C)[O]C(C)C. The quantitative estimate of drug-likeness (QED) is 0.646. The molecule has 78 valence electrons. The fourth-order valence-electron chi connectivity index (χ4n) is 1.64. The van der Waals surface area contributed by atoms with Crippen LogP contribution in [0.4, 0.5) is 0 Å². The molecular weight excluding hydrogens is 218 g/mol. The van der Waals surface area contributed by atoms with E-state index in [0.29, 0.717) is 6.10 Å². The standard InChI is InChI=1S/2C4H9.C3H7O.Ga/c2*1-4(2)3;1-3(2)4;/h2*4H,1H2,2-3H3;3H,1-2H3;/q;;-1;+1. The summed E-state index contributed by atoms with van der Waals surface area (Å²) in [4.78, 5) is 2.76. The van der Waals surface area contributed by atoms with Crippen LogP contribution >= 0.6 is 0 Å². The summed E-state index contributed by atoms with van der Waals surface area (Å²) in [6, 6.07) is 0. The monoisotopic (exact) mass is 242 g/mol. The van der Waals surface area contributed by atoms with Crippen LogP contribution in [-0.2, 0) is 3.53 Å². The zero-order valence-corrected chi connectivity index (χ0v) is 12.6. The van der Waals surface area contributed by atoms with Gasteiger partial charge >= 0.3 is 89.5 Å². The van der Waals surface area contributed by atoms with Gasteiger partial charge < -0.3 is 0 Å². The van der Waals surface area contributed by atoms with E-state index in [-0.39, 0.29) is 0 Å². The minimum atomic E-state index is -1.39. The van der Waals surface area contributed by atoms with E-state index in [0.717, 1.165) is 11.8 Å². The first-order valence-corrected chi connectivity index (χ1v) is 9.98. The van der Waals surface area contributed by atoms with Crippen LogP contribution in [0.15, 0.2) is 0 Å². The Hall–Kier alpha value is 0.596. The van der Waals surface area contributed by atoms with E-state index in [4.69, 9.17) is 3.53 Å². The first-order chi connectivity index (χ1) is 5.91. The number of hydrogen-bond donors (Lipinski definition) is 0. The van der Waals surface area contributed by atoms with Gasteiger partial charge in [0.05, 0.1) is 0 Å². The predicted octanol–water partition coefficient (Wildman–Crippen LogP) is 3.71. The van der Waals surface area contributed by atoms with Crippen LogP contribution in [0.1, 0.15) is 41.5 Å². The van der Waals surface area contributed by atoms with Crippen molar-refractivity contribution in [3.8, 4) is 0 Å². The van der Waals surface area contributed by atoms with Crippen LogP contribution in [0.5, 0.6) is 0 Å². The maximum atomic E-state index is 6.06. The average Bonchev–Trinajstić information content (AvgIpc) is 1.80. The second-order valence-electron chi connectivity index (χ2n) is 5.07. The van der Waals surface area contributed by atoms with Gasteiger partial charge in [0.15, 0.2) is 0 Å². The van der Waals surface area contributed by atoms with Crippen molar-refractivity contribution in [1.82, 2.24) is 0 Å². The summed E-state index contributed by atoms with van der Waals surface area (Å²) in [5.41, 5.74) is 0. The second-order valence-corrected chi connectivity index (χ2v) is 10.2. The second kappa shape index (κ2) is 6.96. The molecule has 0 amide bonds. The summed E-state index contributed by atoms with van der Waals surface area (Å²) in [5, 5.41) is 0. The molecule has 2 heteroatoms. The van der Waals surface area contributed by atoms with Gasteiger partial charge in [0.2, 0.25) is 0 Å². The molecule has 13 heavy (non-hydrogen) atoms. The van der Waals surface area contributed by atoms with E-state index in [9.17, 15) is 0 Å². The Morgan fingerprint density at radius 2 is 1.23 bits per heavy atom. The Morgan fingerprint density at radius 3 is 1.46 bits per heavy atom. The molecule has 0 bridgehead atoms. The van der Waals surface area contributed by atoms with Crippen molar-refractivity contribution in [3.63, 3.8) is 0 Å². The molecular formula is C11H25GaO. The van der Waals surface area contributed by atoms with Crippen molar-refractivity contribution in [1.29, 1.82) is 0 Å². The Bertz CT molecular complexity index is 97.5. The van der Waals surface area contributed by atoms with Crippen molar-refractivity contribution in [3.05, 3.63) is 0 Å². The predicted molar refractivity (Wildman–Crippen MR) is 61.3 cm³/mol. The molecule has 0 aliphatic carbocycles. The van der Waals surface area contributed by atoms with E-state index in [2.05, 4.69) is 41.5 Å². The molecule has 0 aromatic rings. The van der Waals surface area contributed by atoms with Crippen LogP contribution in [0.25, 0.3) is 0 Å². The van der Waals surface area contributed by atoms with Gasteiger partial charge in [-0.1, -0.05) is 0 Å². The van der Waals surface area contributed by atoms with Gasteiger partial charge in [0.25, 0.3) is 0 Å². The summed E-state index contributed by atoms with van der Waals surface area (Å²) in [5.74, 6) is 1.64. The van der Waals surface area contributed by atoms with Gasteiger partial charge in [0, 0.05) is 0 Å². The molecule has 0 unspecified atom stereocenters. The van der Waals surface area contributed by atoms with E-state index >= 15 is 0 Å². The first-order valence-electron chi connectivity index (χ1n) is 5.57. The van der Waals surface area contributed by atoms with Gasteiger partial charge in [-0.15, -0.1) is 0 Å². The molecule has 1 nitrogen and oxygen atoms in total. The zero-order chi connectivity index (χ0) is 10.4. The maximum absolute atomic E-state index is 6.06. The van der Waals surface area contributed by atoms with Crippen LogP contribution in [0.3, 0.4) is 0 Å². The van der Waals surface area contributed by atoms with Crippen LogP contribution in [-0.4, -0.2) is 22.7 Å². The summed E-state index contributed by atoms with van der Waals surface area (Å²) >= 11 is -1.39. The zero-order valence-electron chi connectivity index (χ0n) is 10.1. The molecule has 0 aliphatic rings. The van der Waals surface area contributed by atoms with Crippen molar-refractivity contribution in [2.24, 2.45) is 11.8 Å². The van der Waals surface area contributed by atoms with Crippen LogP contribution < -0.4 is 0 Å². The minimum absolute atomic E-state index is 0.447. The third-order valence-electron chi connectivity index (χ3n) is 1.93. The van der Waals surface area contributed by atoms with Gasteiger partial charge in [-0.2, -0.15) is 0 Å². The summed E-state index contributed by atoms with van der Waals surface area (Å²) < 4.78 is 6.06. The van der Waals surface area contributed by atoms with Crippen molar-refractivity contribution < 1.29 is 3.53 Å². The van der Waals surface area contributed by atoms with E-state index < -0.39 is 16.6 Å². The molecule has 0 heterocycles. The Morgan fingerprint density at radius 1 is 0.846 bits per heavy atom. The molecule has 0 radical (unpaired) electrons. The van der Waals surface area contributed by atoms with Crippen molar-refractivity contribution in [2.75, 3.05) is 0 Å². The molecule has 0 saturated carbocycles. The van der Waals surface area contributed by atoms with E-state index in [1.807, 2.05) is 0 Å². The van der Waals surface area contributed by atoms with Gasteiger partial charge in [-0.25, -0.2) is 0 Å². The molecule has 0 atom stereocenters. The topological polar surface area (TPSA) is 9.23 Å². The number of hydrogen-bond acceptors (Lipinski definition) is 1.